The van der Waals surface area contributed by atoms with Gasteiger partial charge < -0.3 is 0 Å². The molecule has 0 saturated heterocycles. The molecule has 0 fully saturated rings. The minimum atomic E-state index is 0.262. The van der Waals surface area contributed by atoms with Crippen molar-refractivity contribution in [3.63, 3.8) is 0 Å². The molecule has 0 aliphatic rings. The van der Waals surface area contributed by atoms with E-state index >= 15 is 0 Å². The molecule has 77 valence electrons. The van der Waals surface area contributed by atoms with Gasteiger partial charge in [0.05, 0.1) is 0 Å². The quantitative estimate of drug-likeness (QED) is 0.670. The molecule has 1 aromatic rings. The van der Waals surface area contributed by atoms with Crippen LogP contribution in [0.5, 0.6) is 0 Å². The lowest BCUT2D eigenvalue weighted by atomic mass is 9.82. The van der Waals surface area contributed by atoms with Gasteiger partial charge in [0, 0.05) is 0 Å². The largest absolute Gasteiger partial charge is 0.0620 e. The molecule has 0 aliphatic heterocycles. The van der Waals surface area contributed by atoms with Crippen molar-refractivity contribution >= 4 is 0 Å². The van der Waals surface area contributed by atoms with Crippen molar-refractivity contribution in [3.8, 4) is 0 Å². The third-order valence-corrected chi connectivity index (χ3v) is 2.52. The van der Waals surface area contributed by atoms with Crippen LogP contribution in [0.25, 0.3) is 0 Å². The van der Waals surface area contributed by atoms with E-state index in [9.17, 15) is 0 Å². The molecular formula is C14H21. The van der Waals surface area contributed by atoms with E-state index in [0.717, 1.165) is 12.8 Å². The van der Waals surface area contributed by atoms with Gasteiger partial charge in [-0.3, -0.25) is 0 Å². The summed E-state index contributed by atoms with van der Waals surface area (Å²) in [5, 5.41) is 0. The second-order valence-corrected chi connectivity index (χ2v) is 4.86. The van der Waals surface area contributed by atoms with Gasteiger partial charge in [0.1, 0.15) is 0 Å². The van der Waals surface area contributed by atoms with E-state index in [-0.39, 0.29) is 5.41 Å². The van der Waals surface area contributed by atoms with E-state index < -0.39 is 0 Å². The zero-order chi connectivity index (χ0) is 10.6. The van der Waals surface area contributed by atoms with Crippen LogP contribution in [-0.4, -0.2) is 0 Å². The normalized spacial score (nSPS) is 11.7. The summed E-state index contributed by atoms with van der Waals surface area (Å²) in [5.41, 5.74) is 3.23. The second-order valence-electron chi connectivity index (χ2n) is 4.86. The Balaban J connectivity index is 2.92. The lowest BCUT2D eigenvalue weighted by Crippen LogP contribution is -2.14. The average molecular weight is 189 g/mol. The standard InChI is InChI=1S/C14H21/c1-5-6-9-12-10-7-8-11-13(12)14(2,3)4/h7-8,10-11H,1,5-6,9H2,2-4H3. The molecule has 0 bridgehead atoms. The summed E-state index contributed by atoms with van der Waals surface area (Å²) in [6.07, 6.45) is 3.38. The topological polar surface area (TPSA) is 0 Å². The summed E-state index contributed by atoms with van der Waals surface area (Å²) >= 11 is 0. The van der Waals surface area contributed by atoms with E-state index in [1.165, 1.54) is 17.5 Å². The first kappa shape index (κ1) is 11.3. The molecule has 0 unspecified atom stereocenters. The Hall–Kier alpha value is -0.780. The monoisotopic (exact) mass is 189 g/mol. The summed E-state index contributed by atoms with van der Waals surface area (Å²) in [7, 11) is 0. The molecule has 0 spiro atoms. The highest BCUT2D eigenvalue weighted by molar-refractivity contribution is 5.32. The number of rotatable bonds is 3. The Morgan fingerprint density at radius 2 is 1.79 bits per heavy atom. The Morgan fingerprint density at radius 3 is 2.36 bits per heavy atom. The predicted molar refractivity (Wildman–Crippen MR) is 63.4 cm³/mol. The molecule has 1 radical (unpaired) electrons. The fraction of sp³-hybridized carbons (Fsp3) is 0.500. The molecule has 0 heterocycles. The predicted octanol–water partition coefficient (Wildman–Crippen LogP) is 4.14. The lowest BCUT2D eigenvalue weighted by Gasteiger charge is -2.22. The van der Waals surface area contributed by atoms with Crippen molar-refractivity contribution < 1.29 is 0 Å². The van der Waals surface area contributed by atoms with E-state index in [0.29, 0.717) is 0 Å². The SMILES string of the molecule is [CH2]CCCc1ccccc1C(C)(C)C. The highest BCUT2D eigenvalue weighted by Gasteiger charge is 2.16. The van der Waals surface area contributed by atoms with Gasteiger partial charge in [0.2, 0.25) is 0 Å². The van der Waals surface area contributed by atoms with E-state index in [1.807, 2.05) is 0 Å². The fourth-order valence-electron chi connectivity index (χ4n) is 1.79. The minimum absolute atomic E-state index is 0.262. The molecule has 0 atom stereocenters. The maximum absolute atomic E-state index is 3.89. The third-order valence-electron chi connectivity index (χ3n) is 2.52. The minimum Gasteiger partial charge on any atom is -0.0620 e. The molecule has 0 N–H and O–H groups in total. The van der Waals surface area contributed by atoms with Crippen LogP contribution in [0.3, 0.4) is 0 Å². The summed E-state index contributed by atoms with van der Waals surface area (Å²) < 4.78 is 0. The van der Waals surface area contributed by atoms with Gasteiger partial charge in [-0.25, -0.2) is 0 Å². The second kappa shape index (κ2) is 4.63. The van der Waals surface area contributed by atoms with E-state index in [4.69, 9.17) is 0 Å². The molecule has 1 rings (SSSR count). The number of hydrogen-bond acceptors (Lipinski definition) is 0. The van der Waals surface area contributed by atoms with E-state index in [1.54, 1.807) is 0 Å². The lowest BCUT2D eigenvalue weighted by molar-refractivity contribution is 0.580. The van der Waals surface area contributed by atoms with Gasteiger partial charge in [-0.05, 0) is 29.4 Å². The number of aryl methyl sites for hydroxylation is 1. The van der Waals surface area contributed by atoms with Gasteiger partial charge in [-0.1, -0.05) is 58.4 Å². The number of unbranched alkanes of at least 4 members (excludes halogenated alkanes) is 1. The highest BCUT2D eigenvalue weighted by Crippen LogP contribution is 2.26. The van der Waals surface area contributed by atoms with Crippen LogP contribution >= 0.6 is 0 Å². The number of benzene rings is 1. The Morgan fingerprint density at radius 1 is 1.14 bits per heavy atom. The highest BCUT2D eigenvalue weighted by atomic mass is 14.2. The zero-order valence-electron chi connectivity index (χ0n) is 9.64. The molecule has 1 aromatic carbocycles. The average Bonchev–Trinajstić information content (AvgIpc) is 2.14. The van der Waals surface area contributed by atoms with Gasteiger partial charge >= 0.3 is 0 Å². The molecule has 14 heavy (non-hydrogen) atoms. The summed E-state index contributed by atoms with van der Waals surface area (Å²) in [6, 6.07) is 8.76. The van der Waals surface area contributed by atoms with Gasteiger partial charge in [-0.15, -0.1) is 0 Å². The van der Waals surface area contributed by atoms with Gasteiger partial charge in [0.15, 0.2) is 0 Å². The summed E-state index contributed by atoms with van der Waals surface area (Å²) in [6.45, 7) is 10.7. The van der Waals surface area contributed by atoms with Crippen molar-refractivity contribution in [2.24, 2.45) is 0 Å². The molecular weight excluding hydrogens is 168 g/mol. The third kappa shape index (κ3) is 2.87. The molecule has 0 heteroatoms. The van der Waals surface area contributed by atoms with Gasteiger partial charge in [0.25, 0.3) is 0 Å². The first-order valence-corrected chi connectivity index (χ1v) is 5.43. The number of hydrogen-bond donors (Lipinski definition) is 0. The van der Waals surface area contributed by atoms with Crippen LogP contribution in [0, 0.1) is 6.92 Å². The van der Waals surface area contributed by atoms with Crippen molar-refractivity contribution in [2.75, 3.05) is 0 Å². The molecule has 0 amide bonds. The molecule has 0 aromatic heterocycles. The smallest absolute Gasteiger partial charge is 0.0129 e. The Bertz CT molecular complexity index is 278. The first-order valence-electron chi connectivity index (χ1n) is 5.43. The van der Waals surface area contributed by atoms with Crippen molar-refractivity contribution in [3.05, 3.63) is 42.3 Å². The van der Waals surface area contributed by atoms with E-state index in [2.05, 4.69) is 52.0 Å². The van der Waals surface area contributed by atoms with Crippen molar-refractivity contribution in [2.45, 2.75) is 45.4 Å². The maximum Gasteiger partial charge on any atom is -0.0129 e. The Labute approximate surface area is 88.4 Å². The van der Waals surface area contributed by atoms with Crippen LogP contribution in [0.2, 0.25) is 0 Å². The van der Waals surface area contributed by atoms with Crippen LogP contribution in [-0.2, 0) is 11.8 Å². The molecule has 0 nitrogen and oxygen atoms in total. The molecule has 0 aliphatic carbocycles. The van der Waals surface area contributed by atoms with Crippen LogP contribution in [0.1, 0.15) is 44.7 Å². The van der Waals surface area contributed by atoms with Crippen LogP contribution in [0.15, 0.2) is 24.3 Å². The summed E-state index contributed by atoms with van der Waals surface area (Å²) in [5.74, 6) is 0. The molecule has 0 saturated carbocycles. The van der Waals surface area contributed by atoms with Crippen molar-refractivity contribution in [1.82, 2.24) is 0 Å². The first-order chi connectivity index (χ1) is 6.55. The zero-order valence-corrected chi connectivity index (χ0v) is 9.64. The maximum atomic E-state index is 3.89. The van der Waals surface area contributed by atoms with Crippen LogP contribution < -0.4 is 0 Å². The Kier molecular flexibility index (Phi) is 3.74. The summed E-state index contributed by atoms with van der Waals surface area (Å²) in [4.78, 5) is 0. The van der Waals surface area contributed by atoms with Crippen molar-refractivity contribution in [1.29, 1.82) is 0 Å². The van der Waals surface area contributed by atoms with Crippen LogP contribution in [0.4, 0.5) is 0 Å². The fourth-order valence-corrected chi connectivity index (χ4v) is 1.79. The van der Waals surface area contributed by atoms with Gasteiger partial charge in [-0.2, -0.15) is 0 Å².